The topological polar surface area (TPSA) is 49.4 Å². The molecule has 1 rings (SSSR count). The minimum Gasteiger partial charge on any atom is -0.313 e. The van der Waals surface area contributed by atoms with E-state index in [0.29, 0.717) is 6.54 Å². The number of sulfonamides is 1. The summed E-state index contributed by atoms with van der Waals surface area (Å²) >= 11 is 5.93. The third-order valence-corrected chi connectivity index (χ3v) is 4.63. The summed E-state index contributed by atoms with van der Waals surface area (Å²) < 4.78 is 25.2. The largest absolute Gasteiger partial charge is 0.313 e. The van der Waals surface area contributed by atoms with Crippen LogP contribution in [0.1, 0.15) is 12.5 Å². The fourth-order valence-electron chi connectivity index (χ4n) is 1.32. The van der Waals surface area contributed by atoms with Crippen molar-refractivity contribution in [1.82, 2.24) is 9.62 Å². The number of rotatable bonds is 5. The zero-order valence-electron chi connectivity index (χ0n) is 10.2. The molecule has 0 saturated heterocycles. The summed E-state index contributed by atoms with van der Waals surface area (Å²) in [6.45, 7) is 3.45. The second-order valence-corrected chi connectivity index (χ2v) is 6.36. The van der Waals surface area contributed by atoms with Crippen molar-refractivity contribution in [1.29, 1.82) is 0 Å². The molecular formula is C11H17ClN2O2S. The first-order valence-electron chi connectivity index (χ1n) is 5.31. The van der Waals surface area contributed by atoms with Crippen LogP contribution in [0.3, 0.4) is 0 Å². The van der Waals surface area contributed by atoms with E-state index in [1.54, 1.807) is 12.1 Å². The minimum absolute atomic E-state index is 0.152. The first-order chi connectivity index (χ1) is 7.89. The zero-order valence-corrected chi connectivity index (χ0v) is 11.8. The van der Waals surface area contributed by atoms with E-state index in [0.717, 1.165) is 16.4 Å². The molecule has 1 N–H and O–H groups in total. The Kier molecular flexibility index (Phi) is 4.94. The quantitative estimate of drug-likeness (QED) is 0.891. The van der Waals surface area contributed by atoms with E-state index >= 15 is 0 Å². The molecule has 1 aromatic carbocycles. The van der Waals surface area contributed by atoms with E-state index in [4.69, 9.17) is 11.6 Å². The molecule has 0 fully saturated rings. The van der Waals surface area contributed by atoms with Crippen LogP contribution >= 0.6 is 11.6 Å². The molecule has 0 aliphatic carbocycles. The van der Waals surface area contributed by atoms with E-state index in [9.17, 15) is 8.42 Å². The molecule has 0 amide bonds. The van der Waals surface area contributed by atoms with Gasteiger partial charge in [-0.1, -0.05) is 24.6 Å². The van der Waals surface area contributed by atoms with E-state index in [1.165, 1.54) is 14.1 Å². The normalized spacial score (nSPS) is 12.1. The van der Waals surface area contributed by atoms with Gasteiger partial charge >= 0.3 is 0 Å². The lowest BCUT2D eigenvalue weighted by atomic mass is 10.2. The molecule has 0 bridgehead atoms. The van der Waals surface area contributed by atoms with Crippen molar-refractivity contribution in [3.63, 3.8) is 0 Å². The average molecular weight is 277 g/mol. The second-order valence-electron chi connectivity index (χ2n) is 3.83. The van der Waals surface area contributed by atoms with Crippen molar-refractivity contribution in [3.05, 3.63) is 28.8 Å². The molecule has 4 nitrogen and oxygen atoms in total. The molecule has 0 aromatic heterocycles. The Morgan fingerprint density at radius 1 is 1.35 bits per heavy atom. The molecule has 96 valence electrons. The van der Waals surface area contributed by atoms with Crippen molar-refractivity contribution in [2.75, 3.05) is 20.6 Å². The standard InChI is InChI=1S/C11H17ClN2O2S/c1-4-13-8-9-5-6-10(12)11(7-9)17(15,16)14(2)3/h5-7,13H,4,8H2,1-3H3. The van der Waals surface area contributed by atoms with Gasteiger partial charge in [0.15, 0.2) is 0 Å². The average Bonchev–Trinajstić information content (AvgIpc) is 2.27. The predicted molar refractivity (Wildman–Crippen MR) is 69.7 cm³/mol. The number of hydrogen-bond donors (Lipinski definition) is 1. The van der Waals surface area contributed by atoms with Gasteiger partial charge in [0.05, 0.1) is 5.02 Å². The van der Waals surface area contributed by atoms with E-state index in [1.807, 2.05) is 13.0 Å². The van der Waals surface area contributed by atoms with Crippen LogP contribution in [0.2, 0.25) is 5.02 Å². The molecule has 0 spiro atoms. The Morgan fingerprint density at radius 3 is 2.53 bits per heavy atom. The fraction of sp³-hybridized carbons (Fsp3) is 0.455. The highest BCUT2D eigenvalue weighted by molar-refractivity contribution is 7.89. The Morgan fingerprint density at radius 2 is 2.00 bits per heavy atom. The van der Waals surface area contributed by atoms with Gasteiger partial charge in [0.1, 0.15) is 4.90 Å². The van der Waals surface area contributed by atoms with Crippen LogP contribution in [0.5, 0.6) is 0 Å². The Labute approximate surface area is 108 Å². The maximum atomic E-state index is 12.0. The molecule has 0 atom stereocenters. The molecule has 1 aromatic rings. The summed E-state index contributed by atoms with van der Waals surface area (Å²) in [4.78, 5) is 0.152. The summed E-state index contributed by atoms with van der Waals surface area (Å²) in [6, 6.07) is 5.05. The molecule has 0 unspecified atom stereocenters. The van der Waals surface area contributed by atoms with Gasteiger partial charge in [-0.3, -0.25) is 0 Å². The van der Waals surface area contributed by atoms with Gasteiger partial charge in [0, 0.05) is 20.6 Å². The lowest BCUT2D eigenvalue weighted by Crippen LogP contribution is -2.23. The van der Waals surface area contributed by atoms with Crippen LogP contribution in [0.4, 0.5) is 0 Å². The number of hydrogen-bond acceptors (Lipinski definition) is 3. The third-order valence-electron chi connectivity index (χ3n) is 2.33. The lowest BCUT2D eigenvalue weighted by Gasteiger charge is -2.14. The smallest absolute Gasteiger partial charge is 0.244 e. The van der Waals surface area contributed by atoms with E-state index in [2.05, 4.69) is 5.32 Å². The molecule has 6 heteroatoms. The van der Waals surface area contributed by atoms with Crippen LogP contribution < -0.4 is 5.32 Å². The van der Waals surface area contributed by atoms with E-state index in [-0.39, 0.29) is 9.92 Å². The van der Waals surface area contributed by atoms with Crippen molar-refractivity contribution in [2.24, 2.45) is 0 Å². The summed E-state index contributed by atoms with van der Waals surface area (Å²) in [5.74, 6) is 0. The lowest BCUT2D eigenvalue weighted by molar-refractivity contribution is 0.520. The number of nitrogens with zero attached hydrogens (tertiary/aromatic N) is 1. The molecule has 0 radical (unpaired) electrons. The van der Waals surface area contributed by atoms with Gasteiger partial charge in [-0.15, -0.1) is 0 Å². The number of benzene rings is 1. The Balaban J connectivity index is 3.15. The van der Waals surface area contributed by atoms with Gasteiger partial charge < -0.3 is 5.32 Å². The van der Waals surface area contributed by atoms with Crippen LogP contribution in [0, 0.1) is 0 Å². The highest BCUT2D eigenvalue weighted by Gasteiger charge is 2.20. The maximum absolute atomic E-state index is 12.0. The van der Waals surface area contributed by atoms with Crippen LogP contribution in [0.15, 0.2) is 23.1 Å². The first kappa shape index (κ1) is 14.4. The molecule has 0 aliphatic heterocycles. The molecule has 0 aliphatic rings. The van der Waals surface area contributed by atoms with Crippen LogP contribution in [0.25, 0.3) is 0 Å². The second kappa shape index (κ2) is 5.82. The summed E-state index contributed by atoms with van der Waals surface area (Å²) in [6.07, 6.45) is 0. The van der Waals surface area contributed by atoms with Gasteiger partial charge in [-0.05, 0) is 24.2 Å². The van der Waals surface area contributed by atoms with Gasteiger partial charge in [-0.2, -0.15) is 0 Å². The van der Waals surface area contributed by atoms with Crippen molar-refractivity contribution >= 4 is 21.6 Å². The first-order valence-corrected chi connectivity index (χ1v) is 7.13. The fourth-order valence-corrected chi connectivity index (χ4v) is 2.74. The van der Waals surface area contributed by atoms with Gasteiger partial charge in [-0.25, -0.2) is 12.7 Å². The Hall–Kier alpha value is -0.620. The predicted octanol–water partition coefficient (Wildman–Crippen LogP) is 1.70. The van der Waals surface area contributed by atoms with Gasteiger partial charge in [0.2, 0.25) is 10.0 Å². The van der Waals surface area contributed by atoms with Gasteiger partial charge in [0.25, 0.3) is 0 Å². The molecule has 0 heterocycles. The van der Waals surface area contributed by atoms with Crippen LogP contribution in [-0.2, 0) is 16.6 Å². The molecule has 0 saturated carbocycles. The van der Waals surface area contributed by atoms with Crippen molar-refractivity contribution in [2.45, 2.75) is 18.4 Å². The Bertz CT molecular complexity index is 486. The maximum Gasteiger partial charge on any atom is 0.244 e. The van der Waals surface area contributed by atoms with Crippen LogP contribution in [-0.4, -0.2) is 33.4 Å². The molecule has 17 heavy (non-hydrogen) atoms. The summed E-state index contributed by atoms with van der Waals surface area (Å²) in [5.41, 5.74) is 0.900. The number of halogens is 1. The van der Waals surface area contributed by atoms with Crippen molar-refractivity contribution < 1.29 is 8.42 Å². The van der Waals surface area contributed by atoms with E-state index < -0.39 is 10.0 Å². The summed E-state index contributed by atoms with van der Waals surface area (Å²) in [5, 5.41) is 3.39. The third kappa shape index (κ3) is 3.42. The highest BCUT2D eigenvalue weighted by Crippen LogP contribution is 2.24. The highest BCUT2D eigenvalue weighted by atomic mass is 35.5. The summed E-state index contributed by atoms with van der Waals surface area (Å²) in [7, 11) is -0.504. The minimum atomic E-state index is -3.48. The number of nitrogens with one attached hydrogen (secondary N) is 1. The zero-order chi connectivity index (χ0) is 13.1. The SMILES string of the molecule is CCNCc1ccc(Cl)c(S(=O)(=O)N(C)C)c1. The molecular weight excluding hydrogens is 260 g/mol. The van der Waals surface area contributed by atoms with Crippen molar-refractivity contribution in [3.8, 4) is 0 Å². The monoisotopic (exact) mass is 276 g/mol.